The number of amides is 1. The lowest BCUT2D eigenvalue weighted by Gasteiger charge is -2.28. The summed E-state index contributed by atoms with van der Waals surface area (Å²) in [4.78, 5) is 19.5. The normalized spacial score (nSPS) is 17.7. The number of carbonyl (C=O) groups excluding carboxylic acids is 1. The van der Waals surface area contributed by atoms with Gasteiger partial charge in [-0.25, -0.2) is 0 Å². The number of hydrogen-bond acceptors (Lipinski definition) is 4. The molecule has 0 saturated carbocycles. The van der Waals surface area contributed by atoms with Crippen LogP contribution in [-0.2, 0) is 11.8 Å². The van der Waals surface area contributed by atoms with Crippen molar-refractivity contribution in [1.82, 2.24) is 19.8 Å². The maximum absolute atomic E-state index is 12.8. The molecule has 1 saturated heterocycles. The van der Waals surface area contributed by atoms with E-state index in [1.807, 2.05) is 42.5 Å². The minimum absolute atomic E-state index is 0.0636. The van der Waals surface area contributed by atoms with Gasteiger partial charge in [0.15, 0.2) is 5.11 Å². The van der Waals surface area contributed by atoms with E-state index in [4.69, 9.17) is 17.0 Å². The molecule has 172 valence electrons. The summed E-state index contributed by atoms with van der Waals surface area (Å²) in [5, 5.41) is 7.03. The highest BCUT2D eigenvalue weighted by molar-refractivity contribution is 7.80. The van der Waals surface area contributed by atoms with Gasteiger partial charge in [0, 0.05) is 37.6 Å². The molecule has 33 heavy (non-hydrogen) atoms. The van der Waals surface area contributed by atoms with Crippen molar-refractivity contribution in [3.05, 3.63) is 77.4 Å². The Hall–Kier alpha value is -3.39. The second-order valence-electron chi connectivity index (χ2n) is 8.20. The molecule has 2 N–H and O–H groups in total. The van der Waals surface area contributed by atoms with Crippen LogP contribution >= 0.6 is 12.2 Å². The number of hydrogen-bond donors (Lipinski definition) is 2. The number of aromatic nitrogens is 2. The van der Waals surface area contributed by atoms with Gasteiger partial charge in [0.25, 0.3) is 0 Å². The van der Waals surface area contributed by atoms with Gasteiger partial charge < -0.3 is 24.8 Å². The molecule has 1 amide bonds. The minimum Gasteiger partial charge on any atom is -0.495 e. The third kappa shape index (κ3) is 4.57. The van der Waals surface area contributed by atoms with Gasteiger partial charge in [-0.1, -0.05) is 18.2 Å². The molecular formula is C25H29N5O2S. The average molecular weight is 464 g/mol. The molecule has 3 heterocycles. The van der Waals surface area contributed by atoms with Crippen LogP contribution < -0.4 is 15.4 Å². The highest BCUT2D eigenvalue weighted by Crippen LogP contribution is 2.40. The quantitative estimate of drug-likeness (QED) is 0.515. The molecule has 1 aliphatic heterocycles. The molecule has 4 rings (SSSR count). The van der Waals surface area contributed by atoms with Gasteiger partial charge in [-0.05, 0) is 62.0 Å². The zero-order valence-electron chi connectivity index (χ0n) is 19.3. The first-order valence-electron chi connectivity index (χ1n) is 10.9. The Balaban J connectivity index is 1.58. The van der Waals surface area contributed by atoms with E-state index in [1.165, 1.54) is 17.0 Å². The number of anilines is 1. The number of carbonyl (C=O) groups is 1. The fraction of sp³-hybridized carbons (Fsp3) is 0.320. The Morgan fingerprint density at radius 3 is 2.64 bits per heavy atom. The summed E-state index contributed by atoms with van der Waals surface area (Å²) in [6.07, 6.45) is 2.08. The fourth-order valence-electron chi connectivity index (χ4n) is 4.35. The van der Waals surface area contributed by atoms with Crippen molar-refractivity contribution in [3.63, 3.8) is 0 Å². The maximum Gasteiger partial charge on any atom is 0.226 e. The van der Waals surface area contributed by atoms with E-state index >= 15 is 0 Å². The molecule has 0 unspecified atom stereocenters. The van der Waals surface area contributed by atoms with E-state index in [0.29, 0.717) is 23.1 Å². The van der Waals surface area contributed by atoms with Crippen LogP contribution in [0.15, 0.2) is 54.7 Å². The van der Waals surface area contributed by atoms with Crippen LogP contribution in [0, 0.1) is 13.8 Å². The summed E-state index contributed by atoms with van der Waals surface area (Å²) in [6.45, 7) is 4.69. The molecule has 0 bridgehead atoms. The van der Waals surface area contributed by atoms with Crippen molar-refractivity contribution in [1.29, 1.82) is 0 Å². The van der Waals surface area contributed by atoms with E-state index in [9.17, 15) is 4.79 Å². The van der Waals surface area contributed by atoms with Gasteiger partial charge in [-0.2, -0.15) is 0 Å². The average Bonchev–Trinajstić information content (AvgIpc) is 3.29. The number of pyridine rings is 1. The summed E-state index contributed by atoms with van der Waals surface area (Å²) in [5.41, 5.74) is 5.11. The van der Waals surface area contributed by atoms with Crippen molar-refractivity contribution < 1.29 is 9.53 Å². The molecule has 2 atom stereocenters. The number of thiocarbonyl (C=S) groups is 1. The first-order chi connectivity index (χ1) is 15.9. The third-order valence-corrected chi connectivity index (χ3v) is 6.64. The maximum atomic E-state index is 12.8. The number of methoxy groups -OCH3 is 1. The molecule has 0 radical (unpaired) electrons. The zero-order chi connectivity index (χ0) is 23.5. The van der Waals surface area contributed by atoms with Gasteiger partial charge in [0.05, 0.1) is 30.6 Å². The van der Waals surface area contributed by atoms with Crippen LogP contribution in [0.1, 0.15) is 41.1 Å². The van der Waals surface area contributed by atoms with Crippen molar-refractivity contribution in [3.8, 4) is 5.75 Å². The van der Waals surface area contributed by atoms with E-state index in [1.54, 1.807) is 13.3 Å². The Kier molecular flexibility index (Phi) is 6.65. The van der Waals surface area contributed by atoms with Crippen LogP contribution in [-0.4, -0.2) is 39.1 Å². The van der Waals surface area contributed by atoms with Gasteiger partial charge in [-0.3, -0.25) is 9.78 Å². The van der Waals surface area contributed by atoms with E-state index in [0.717, 1.165) is 5.69 Å². The molecule has 1 aromatic carbocycles. The monoisotopic (exact) mass is 463 g/mol. The molecule has 8 heteroatoms. The van der Waals surface area contributed by atoms with Crippen molar-refractivity contribution in [2.45, 2.75) is 32.4 Å². The lowest BCUT2D eigenvalue weighted by Crippen LogP contribution is -2.33. The van der Waals surface area contributed by atoms with E-state index in [-0.39, 0.29) is 24.4 Å². The predicted molar refractivity (Wildman–Crippen MR) is 133 cm³/mol. The van der Waals surface area contributed by atoms with Crippen molar-refractivity contribution in [2.24, 2.45) is 7.05 Å². The molecule has 3 aromatic rings. The SMILES string of the molecule is COc1ccccc1NC(=O)CCN1C(=S)N[C@H](c2ccccn2)[C@H]1c1cc(C)n(C)c1C. The van der Waals surface area contributed by atoms with Gasteiger partial charge in [0.2, 0.25) is 5.91 Å². The molecule has 1 fully saturated rings. The summed E-state index contributed by atoms with van der Waals surface area (Å²) in [5.74, 6) is 0.538. The second-order valence-corrected chi connectivity index (χ2v) is 8.59. The number of ether oxygens (including phenoxy) is 1. The highest BCUT2D eigenvalue weighted by atomic mass is 32.1. The minimum atomic E-state index is -0.100. The van der Waals surface area contributed by atoms with Gasteiger partial charge >= 0.3 is 0 Å². The van der Waals surface area contributed by atoms with Crippen LogP contribution in [0.2, 0.25) is 0 Å². The summed E-state index contributed by atoms with van der Waals surface area (Å²) in [6, 6.07) is 15.3. The molecule has 7 nitrogen and oxygen atoms in total. The number of para-hydroxylation sites is 2. The Morgan fingerprint density at radius 1 is 1.21 bits per heavy atom. The van der Waals surface area contributed by atoms with Gasteiger partial charge in [0.1, 0.15) is 5.75 Å². The summed E-state index contributed by atoms with van der Waals surface area (Å²) >= 11 is 5.73. The van der Waals surface area contributed by atoms with Crippen LogP contribution in [0.5, 0.6) is 5.75 Å². The zero-order valence-corrected chi connectivity index (χ0v) is 20.1. The smallest absolute Gasteiger partial charge is 0.226 e. The van der Waals surface area contributed by atoms with Crippen molar-refractivity contribution >= 4 is 28.9 Å². The summed E-state index contributed by atoms with van der Waals surface area (Å²) < 4.78 is 7.52. The topological polar surface area (TPSA) is 71.4 Å². The standard InChI is InChI=1S/C25H29N5O2S/c1-16-15-18(17(2)29(16)3)24-23(20-10-7-8-13-26-20)28-25(33)30(24)14-12-22(31)27-19-9-5-6-11-21(19)32-4/h5-11,13,15,23-24H,12,14H2,1-4H3,(H,27,31)(H,28,33)/t23-,24-/m1/s1. The van der Waals surface area contributed by atoms with Crippen LogP contribution in [0.3, 0.4) is 0 Å². The number of rotatable bonds is 7. The van der Waals surface area contributed by atoms with Crippen LogP contribution in [0.25, 0.3) is 0 Å². The first kappa shape index (κ1) is 22.8. The van der Waals surface area contributed by atoms with E-state index in [2.05, 4.69) is 52.0 Å². The molecule has 1 aliphatic rings. The van der Waals surface area contributed by atoms with Crippen LogP contribution in [0.4, 0.5) is 5.69 Å². The Labute approximate surface area is 199 Å². The number of nitrogens with one attached hydrogen (secondary N) is 2. The number of benzene rings is 1. The first-order valence-corrected chi connectivity index (χ1v) is 11.3. The largest absolute Gasteiger partial charge is 0.495 e. The highest BCUT2D eigenvalue weighted by Gasteiger charge is 2.41. The van der Waals surface area contributed by atoms with E-state index < -0.39 is 0 Å². The lowest BCUT2D eigenvalue weighted by atomic mass is 9.96. The van der Waals surface area contributed by atoms with Crippen molar-refractivity contribution in [2.75, 3.05) is 19.0 Å². The predicted octanol–water partition coefficient (Wildman–Crippen LogP) is 4.05. The lowest BCUT2D eigenvalue weighted by molar-refractivity contribution is -0.116. The summed E-state index contributed by atoms with van der Waals surface area (Å²) in [7, 11) is 3.65. The number of nitrogens with zero attached hydrogens (tertiary/aromatic N) is 3. The molecule has 2 aromatic heterocycles. The number of aryl methyl sites for hydroxylation is 1. The molecular weight excluding hydrogens is 434 g/mol. The third-order valence-electron chi connectivity index (χ3n) is 6.29. The van der Waals surface area contributed by atoms with Gasteiger partial charge in [-0.15, -0.1) is 0 Å². The second kappa shape index (κ2) is 9.62. The fourth-order valence-corrected chi connectivity index (χ4v) is 4.68. The Morgan fingerprint density at radius 2 is 1.97 bits per heavy atom. The molecule has 0 aliphatic carbocycles. The molecule has 0 spiro atoms. The Bertz CT molecular complexity index is 1160.